The lowest BCUT2D eigenvalue weighted by molar-refractivity contribution is -0.210. The van der Waals surface area contributed by atoms with Crippen LogP contribution >= 0.6 is 0 Å². The van der Waals surface area contributed by atoms with Gasteiger partial charge in [-0.2, -0.15) is 0 Å². The van der Waals surface area contributed by atoms with Crippen molar-refractivity contribution in [3.63, 3.8) is 0 Å². The Kier molecular flexibility index (Phi) is 6.56. The van der Waals surface area contributed by atoms with Crippen molar-refractivity contribution in [1.29, 1.82) is 0 Å². The first kappa shape index (κ1) is 27.6. The van der Waals surface area contributed by atoms with E-state index in [9.17, 15) is 24.9 Å². The molecule has 0 bridgehead atoms. The molecule has 0 saturated heterocycles. The van der Waals surface area contributed by atoms with Gasteiger partial charge in [-0.05, 0) is 61.8 Å². The van der Waals surface area contributed by atoms with E-state index in [4.69, 9.17) is 16.2 Å². The molecule has 6 atom stereocenters. The van der Waals surface area contributed by atoms with Crippen LogP contribution in [0, 0.1) is 22.7 Å². The van der Waals surface area contributed by atoms with Crippen molar-refractivity contribution in [2.24, 2.45) is 39.1 Å². The second-order valence-electron chi connectivity index (χ2n) is 13.0. The number of phenols is 1. The minimum absolute atomic E-state index is 0.0171. The van der Waals surface area contributed by atoms with Crippen LogP contribution < -0.4 is 16.2 Å². The molecule has 2 aliphatic carbocycles. The molecule has 1 aromatic carbocycles. The van der Waals surface area contributed by atoms with Crippen LogP contribution in [0.5, 0.6) is 11.5 Å². The van der Waals surface area contributed by atoms with Crippen LogP contribution in [0.25, 0.3) is 0 Å². The zero-order chi connectivity index (χ0) is 28.5. The first-order chi connectivity index (χ1) is 18.2. The van der Waals surface area contributed by atoms with Crippen LogP contribution in [0.15, 0.2) is 11.1 Å². The number of amides is 1. The molecule has 2 saturated carbocycles. The standard InChI is InChI=1S/C29H42N4O6/c1-15-7-8-21-27(2,3)22(35)9-10-28(21,4)29(15)13-17-20(34)12-16-18(23(17)39-29)14-33(24(16)36)19(25(37)38)6-5-11-32-26(30)31/h12,15,19,21-22,34-35H,5-11,13-14H2,1-4H3,(H,37,38)(H4,30,31,32). The molecule has 2 aliphatic heterocycles. The minimum atomic E-state index is -1.10. The fraction of sp³-hybridized carbons (Fsp3) is 0.690. The largest absolute Gasteiger partial charge is 0.508 e. The quantitative estimate of drug-likeness (QED) is 0.207. The number of ether oxygens (including phenoxy) is 1. The van der Waals surface area contributed by atoms with Gasteiger partial charge >= 0.3 is 5.97 Å². The number of carbonyl (C=O) groups excluding carboxylic acids is 1. The Morgan fingerprint density at radius 1 is 1.23 bits per heavy atom. The molecule has 214 valence electrons. The van der Waals surface area contributed by atoms with Crippen molar-refractivity contribution in [2.75, 3.05) is 6.54 Å². The molecule has 1 spiro atoms. The predicted molar refractivity (Wildman–Crippen MR) is 145 cm³/mol. The number of rotatable bonds is 6. The molecule has 5 rings (SSSR count). The molecule has 1 aromatic rings. The Hall–Kier alpha value is -3.01. The van der Waals surface area contributed by atoms with Gasteiger partial charge in [0.15, 0.2) is 5.96 Å². The molecule has 1 amide bonds. The molecular formula is C29H42N4O6. The maximum absolute atomic E-state index is 13.5. The average molecular weight is 543 g/mol. The van der Waals surface area contributed by atoms with Gasteiger partial charge in [0.05, 0.1) is 18.2 Å². The van der Waals surface area contributed by atoms with Crippen LogP contribution in [0.3, 0.4) is 0 Å². The number of fused-ring (bicyclic) bond motifs is 5. The summed E-state index contributed by atoms with van der Waals surface area (Å²) in [6.07, 6.45) is 4.17. The van der Waals surface area contributed by atoms with Crippen LogP contribution in [0.2, 0.25) is 0 Å². The van der Waals surface area contributed by atoms with E-state index in [0.717, 1.165) is 19.3 Å². The van der Waals surface area contributed by atoms with Gasteiger partial charge in [-0.15, -0.1) is 0 Å². The minimum Gasteiger partial charge on any atom is -0.508 e. The number of carboxylic acid groups (broad SMARTS) is 1. The van der Waals surface area contributed by atoms with Crippen LogP contribution in [-0.4, -0.2) is 62.3 Å². The summed E-state index contributed by atoms with van der Waals surface area (Å²) in [5.41, 5.74) is 11.3. The predicted octanol–water partition coefficient (Wildman–Crippen LogP) is 2.76. The highest BCUT2D eigenvalue weighted by atomic mass is 16.5. The molecule has 10 heteroatoms. The summed E-state index contributed by atoms with van der Waals surface area (Å²) in [7, 11) is 0. The number of guanidine groups is 1. The molecule has 6 unspecified atom stereocenters. The smallest absolute Gasteiger partial charge is 0.326 e. The normalized spacial score (nSPS) is 33.2. The molecule has 7 N–H and O–H groups in total. The van der Waals surface area contributed by atoms with Gasteiger partial charge in [-0.25, -0.2) is 4.79 Å². The summed E-state index contributed by atoms with van der Waals surface area (Å²) in [5.74, 6) is -0.612. The number of carbonyl (C=O) groups is 2. The summed E-state index contributed by atoms with van der Waals surface area (Å²) in [6.45, 7) is 9.15. The Labute approximate surface area is 229 Å². The number of hydrogen-bond donors (Lipinski definition) is 5. The summed E-state index contributed by atoms with van der Waals surface area (Å²) in [6, 6.07) is 0.433. The van der Waals surface area contributed by atoms with E-state index >= 15 is 0 Å². The van der Waals surface area contributed by atoms with Crippen molar-refractivity contribution >= 4 is 17.8 Å². The summed E-state index contributed by atoms with van der Waals surface area (Å²) in [5, 5.41) is 32.0. The monoisotopic (exact) mass is 542 g/mol. The Balaban J connectivity index is 1.49. The van der Waals surface area contributed by atoms with E-state index < -0.39 is 23.5 Å². The zero-order valence-corrected chi connectivity index (χ0v) is 23.4. The first-order valence-corrected chi connectivity index (χ1v) is 14.1. The zero-order valence-electron chi connectivity index (χ0n) is 23.4. The van der Waals surface area contributed by atoms with Gasteiger partial charge in [-0.3, -0.25) is 9.79 Å². The molecule has 0 aromatic heterocycles. The second-order valence-corrected chi connectivity index (χ2v) is 13.0. The van der Waals surface area contributed by atoms with Crippen molar-refractivity contribution in [2.45, 2.75) is 96.9 Å². The van der Waals surface area contributed by atoms with Crippen LogP contribution in [-0.2, 0) is 17.8 Å². The number of aromatic hydroxyl groups is 1. The molecule has 10 nitrogen and oxygen atoms in total. The Bertz CT molecular complexity index is 1230. The number of aliphatic imine (C=N–C) groups is 1. The summed E-state index contributed by atoms with van der Waals surface area (Å²) >= 11 is 0. The van der Waals surface area contributed by atoms with Crippen molar-refractivity contribution < 1.29 is 29.6 Å². The lowest BCUT2D eigenvalue weighted by Crippen LogP contribution is -2.66. The number of phenolic OH excluding ortho intramolecular Hbond substituents is 1. The van der Waals surface area contributed by atoms with E-state index in [2.05, 4.69) is 32.7 Å². The SMILES string of the molecule is CC1CCC2C(C)(C)C(O)CCC2(C)C12Cc1c(O)cc3c(c1O2)CN(C(CCCN=C(N)N)C(=O)O)C3=O. The molecule has 39 heavy (non-hydrogen) atoms. The molecular weight excluding hydrogens is 500 g/mol. The van der Waals surface area contributed by atoms with Crippen molar-refractivity contribution in [3.05, 3.63) is 22.8 Å². The highest BCUT2D eigenvalue weighted by Crippen LogP contribution is 2.67. The van der Waals surface area contributed by atoms with E-state index in [1.807, 2.05) is 0 Å². The van der Waals surface area contributed by atoms with Gasteiger partial charge in [-0.1, -0.05) is 27.7 Å². The maximum Gasteiger partial charge on any atom is 0.326 e. The van der Waals surface area contributed by atoms with Gasteiger partial charge < -0.3 is 36.4 Å². The third-order valence-electron chi connectivity index (χ3n) is 10.7. The van der Waals surface area contributed by atoms with E-state index in [1.165, 1.54) is 11.0 Å². The highest BCUT2D eigenvalue weighted by molar-refractivity contribution is 6.02. The van der Waals surface area contributed by atoms with E-state index in [-0.39, 0.29) is 60.0 Å². The third kappa shape index (κ3) is 3.97. The van der Waals surface area contributed by atoms with Gasteiger partial charge in [0, 0.05) is 29.5 Å². The number of nitrogens with zero attached hydrogens (tertiary/aromatic N) is 2. The average Bonchev–Trinajstić information content (AvgIpc) is 3.41. The lowest BCUT2D eigenvalue weighted by Gasteiger charge is -2.64. The first-order valence-electron chi connectivity index (χ1n) is 14.1. The molecule has 0 radical (unpaired) electrons. The number of aliphatic carboxylic acids is 1. The van der Waals surface area contributed by atoms with Crippen LogP contribution in [0.4, 0.5) is 0 Å². The molecule has 2 fully saturated rings. The topological polar surface area (TPSA) is 172 Å². The maximum atomic E-state index is 13.5. The second kappa shape index (κ2) is 9.28. The van der Waals surface area contributed by atoms with Gasteiger partial charge in [0.2, 0.25) is 0 Å². The van der Waals surface area contributed by atoms with Crippen molar-refractivity contribution in [1.82, 2.24) is 4.90 Å². The number of aliphatic hydroxyl groups is 1. The molecule has 4 aliphatic rings. The van der Waals surface area contributed by atoms with E-state index in [1.54, 1.807) is 0 Å². The number of hydrogen-bond acceptors (Lipinski definition) is 6. The lowest BCUT2D eigenvalue weighted by atomic mass is 9.43. The van der Waals surface area contributed by atoms with Gasteiger partial charge in [0.25, 0.3) is 5.91 Å². The Morgan fingerprint density at radius 3 is 2.62 bits per heavy atom. The number of aliphatic hydroxyl groups excluding tert-OH is 1. The Morgan fingerprint density at radius 2 is 1.95 bits per heavy atom. The fourth-order valence-corrected chi connectivity index (χ4v) is 8.45. The molecule has 2 heterocycles. The summed E-state index contributed by atoms with van der Waals surface area (Å²) < 4.78 is 7.02. The number of nitrogens with two attached hydrogens (primary N) is 2. The fourth-order valence-electron chi connectivity index (χ4n) is 8.45. The van der Waals surface area contributed by atoms with Gasteiger partial charge in [0.1, 0.15) is 23.1 Å². The number of carboxylic acids is 1. The van der Waals surface area contributed by atoms with E-state index in [0.29, 0.717) is 41.7 Å². The number of benzene rings is 1. The summed E-state index contributed by atoms with van der Waals surface area (Å²) in [4.78, 5) is 31.0. The highest BCUT2D eigenvalue weighted by Gasteiger charge is 2.67. The van der Waals surface area contributed by atoms with Crippen LogP contribution in [0.1, 0.15) is 87.7 Å². The third-order valence-corrected chi connectivity index (χ3v) is 10.7. The van der Waals surface area contributed by atoms with Crippen molar-refractivity contribution in [3.8, 4) is 11.5 Å².